The summed E-state index contributed by atoms with van der Waals surface area (Å²) < 4.78 is 16.7. The van der Waals surface area contributed by atoms with Crippen LogP contribution in [-0.4, -0.2) is 100 Å². The molecule has 7 atom stereocenters. The van der Waals surface area contributed by atoms with Crippen LogP contribution in [-0.2, 0) is 23.8 Å². The highest BCUT2D eigenvalue weighted by Gasteiger charge is 2.44. The van der Waals surface area contributed by atoms with Crippen molar-refractivity contribution in [2.45, 2.75) is 352 Å². The maximum absolute atomic E-state index is 13.0. The second-order valence-electron chi connectivity index (χ2n) is 23.5. The third kappa shape index (κ3) is 48.3. The molecule has 1 rings (SSSR count). The molecule has 0 radical (unpaired) electrons. The maximum Gasteiger partial charge on any atom is 0.305 e. The van der Waals surface area contributed by atoms with Crippen molar-refractivity contribution in [2.75, 3.05) is 19.8 Å². The Morgan fingerprint density at radius 3 is 1.33 bits per heavy atom. The highest BCUT2D eigenvalue weighted by molar-refractivity contribution is 5.76. The molecule has 11 heteroatoms. The summed E-state index contributed by atoms with van der Waals surface area (Å²) in [6, 6.07) is -0.827. The first-order valence-corrected chi connectivity index (χ1v) is 34.1. The molecule has 1 saturated heterocycles. The lowest BCUT2D eigenvalue weighted by molar-refractivity contribution is -0.302. The fraction of sp³-hybridized carbons (Fsp3) is 0.829. The Morgan fingerprint density at radius 1 is 0.457 bits per heavy atom. The van der Waals surface area contributed by atoms with E-state index in [9.17, 15) is 35.1 Å². The van der Waals surface area contributed by atoms with E-state index < -0.39 is 49.5 Å². The number of unbranched alkanes of at least 4 members (excludes halogenated alkanes) is 37. The van der Waals surface area contributed by atoms with Crippen LogP contribution in [0, 0.1) is 0 Å². The molecule has 0 spiro atoms. The normalized spacial score (nSPS) is 18.6. The second-order valence-corrected chi connectivity index (χ2v) is 23.5. The number of ether oxygens (including phenoxy) is 3. The van der Waals surface area contributed by atoms with Crippen LogP contribution in [0.25, 0.3) is 0 Å². The summed E-state index contributed by atoms with van der Waals surface area (Å²) in [4.78, 5) is 25.0. The van der Waals surface area contributed by atoms with Crippen LogP contribution in [0.2, 0.25) is 0 Å². The van der Waals surface area contributed by atoms with Gasteiger partial charge in [-0.05, 0) is 96.3 Å². The Hall–Kier alpha value is -2.64. The Kier molecular flexibility index (Phi) is 55.7. The topological polar surface area (TPSA) is 175 Å². The first-order chi connectivity index (χ1) is 39.7. The number of esters is 1. The lowest BCUT2D eigenvalue weighted by Gasteiger charge is -2.40. The van der Waals surface area contributed by atoms with Gasteiger partial charge >= 0.3 is 5.97 Å². The van der Waals surface area contributed by atoms with Crippen molar-refractivity contribution in [3.05, 3.63) is 60.8 Å². The minimum atomic E-state index is -1.58. The minimum absolute atomic E-state index is 0.00659. The Bertz CT molecular complexity index is 1530. The molecule has 1 amide bonds. The van der Waals surface area contributed by atoms with E-state index in [1.807, 2.05) is 6.08 Å². The van der Waals surface area contributed by atoms with Crippen molar-refractivity contribution < 1.29 is 49.3 Å². The van der Waals surface area contributed by atoms with Crippen LogP contribution in [0.3, 0.4) is 0 Å². The predicted octanol–water partition coefficient (Wildman–Crippen LogP) is 17.0. The van der Waals surface area contributed by atoms with E-state index in [0.717, 1.165) is 64.2 Å². The Morgan fingerprint density at radius 2 is 0.852 bits per heavy atom. The van der Waals surface area contributed by atoms with Crippen LogP contribution < -0.4 is 5.32 Å². The standard InChI is InChI=1S/C70H127NO10/c1-3-5-7-9-11-13-36-40-44-48-52-56-63(73)62(61-80-70-69(78)68(77)67(76)64(60-72)81-70)71-65(74)57-53-49-45-41-38-34-32-30-28-26-24-22-20-18-16-15-17-19-21-23-25-27-29-31-33-35-39-43-47-51-55-59-79-66(75)58-54-50-46-42-37-14-12-10-8-6-4-2/h10,12,17,19,23,25,36,40,52,56,62-64,67-70,72-73,76-78H,3-9,11,13-16,18,20-22,24,26-35,37-39,41-51,53-55,57-61H2,1-2H3,(H,71,74)/b12-10-,19-17-,25-23-,40-36+,56-52+. The van der Waals surface area contributed by atoms with Crippen LogP contribution in [0.4, 0.5) is 0 Å². The van der Waals surface area contributed by atoms with Crippen molar-refractivity contribution in [2.24, 2.45) is 0 Å². The molecular weight excluding hydrogens is 1010 g/mol. The van der Waals surface area contributed by atoms with E-state index in [-0.39, 0.29) is 18.5 Å². The monoisotopic (exact) mass is 1140 g/mol. The molecule has 0 aromatic carbocycles. The third-order valence-corrected chi connectivity index (χ3v) is 15.8. The van der Waals surface area contributed by atoms with Crippen molar-refractivity contribution in [3.8, 4) is 0 Å². The predicted molar refractivity (Wildman–Crippen MR) is 338 cm³/mol. The van der Waals surface area contributed by atoms with Crippen LogP contribution in [0.1, 0.15) is 309 Å². The number of rotatable bonds is 59. The van der Waals surface area contributed by atoms with E-state index in [0.29, 0.717) is 19.4 Å². The molecule has 81 heavy (non-hydrogen) atoms. The summed E-state index contributed by atoms with van der Waals surface area (Å²) in [5.74, 6) is -0.199. The van der Waals surface area contributed by atoms with Gasteiger partial charge in [0.15, 0.2) is 6.29 Å². The van der Waals surface area contributed by atoms with E-state index in [4.69, 9.17) is 14.2 Å². The third-order valence-electron chi connectivity index (χ3n) is 15.8. The lowest BCUT2D eigenvalue weighted by Crippen LogP contribution is -2.60. The second kappa shape index (κ2) is 59.1. The first-order valence-electron chi connectivity index (χ1n) is 34.1. The van der Waals surface area contributed by atoms with E-state index >= 15 is 0 Å². The SMILES string of the molecule is CCCC/C=C\CCCCCCCC(=O)OCCCCCCCCCCC/C=C\C/C=C\CCCCCCCCCCCCCCCCCC(=O)NC(COC1OC(CO)C(O)C(O)C1O)C(O)/C=C/CC/C=C/CCCCCCC. The van der Waals surface area contributed by atoms with Gasteiger partial charge in [-0.1, -0.05) is 261 Å². The van der Waals surface area contributed by atoms with Gasteiger partial charge < -0.3 is 45.1 Å². The van der Waals surface area contributed by atoms with Crippen LogP contribution >= 0.6 is 0 Å². The molecule has 1 aliphatic heterocycles. The largest absolute Gasteiger partial charge is 0.466 e. The fourth-order valence-electron chi connectivity index (χ4n) is 10.4. The molecule has 0 aromatic rings. The zero-order valence-corrected chi connectivity index (χ0v) is 52.2. The number of amides is 1. The van der Waals surface area contributed by atoms with Crippen LogP contribution in [0.15, 0.2) is 60.8 Å². The number of aliphatic hydroxyl groups is 5. The van der Waals surface area contributed by atoms with Gasteiger partial charge in [-0.15, -0.1) is 0 Å². The summed E-state index contributed by atoms with van der Waals surface area (Å²) in [5.41, 5.74) is 0. The first kappa shape index (κ1) is 76.4. The maximum atomic E-state index is 13.0. The van der Waals surface area contributed by atoms with Crippen molar-refractivity contribution >= 4 is 11.9 Å². The van der Waals surface area contributed by atoms with Gasteiger partial charge in [-0.25, -0.2) is 0 Å². The fourth-order valence-corrected chi connectivity index (χ4v) is 10.4. The minimum Gasteiger partial charge on any atom is -0.466 e. The number of hydrogen-bond acceptors (Lipinski definition) is 10. The Labute approximate surface area is 497 Å². The molecule has 1 aliphatic rings. The van der Waals surface area contributed by atoms with E-state index in [1.54, 1.807) is 6.08 Å². The van der Waals surface area contributed by atoms with Gasteiger partial charge in [0.05, 0.1) is 32.0 Å². The molecule has 7 unspecified atom stereocenters. The van der Waals surface area contributed by atoms with Gasteiger partial charge in [-0.3, -0.25) is 9.59 Å². The molecule has 6 N–H and O–H groups in total. The van der Waals surface area contributed by atoms with E-state index in [1.165, 1.54) is 218 Å². The summed E-state index contributed by atoms with van der Waals surface area (Å²) >= 11 is 0. The van der Waals surface area contributed by atoms with E-state index in [2.05, 4.69) is 67.8 Å². The molecule has 0 bridgehead atoms. The molecule has 0 aliphatic carbocycles. The summed E-state index contributed by atoms with van der Waals surface area (Å²) in [6.45, 7) is 4.28. The average Bonchev–Trinajstić information content (AvgIpc) is 3.47. The van der Waals surface area contributed by atoms with Gasteiger partial charge in [0, 0.05) is 12.8 Å². The summed E-state index contributed by atoms with van der Waals surface area (Å²) in [6.07, 6.45) is 67.9. The highest BCUT2D eigenvalue weighted by Crippen LogP contribution is 2.23. The highest BCUT2D eigenvalue weighted by atomic mass is 16.7. The van der Waals surface area contributed by atoms with Crippen molar-refractivity contribution in [1.82, 2.24) is 5.32 Å². The quantitative estimate of drug-likeness (QED) is 0.0195. The lowest BCUT2D eigenvalue weighted by atomic mass is 9.99. The molecule has 0 aromatic heterocycles. The molecule has 1 fully saturated rings. The number of nitrogens with one attached hydrogen (secondary N) is 1. The molecule has 0 saturated carbocycles. The number of aliphatic hydroxyl groups excluding tert-OH is 5. The van der Waals surface area contributed by atoms with Crippen molar-refractivity contribution in [1.29, 1.82) is 0 Å². The van der Waals surface area contributed by atoms with Crippen LogP contribution in [0.5, 0.6) is 0 Å². The zero-order chi connectivity index (χ0) is 58.7. The number of carbonyl (C=O) groups is 2. The number of hydrogen-bond donors (Lipinski definition) is 6. The van der Waals surface area contributed by atoms with Gasteiger partial charge in [0.1, 0.15) is 24.4 Å². The van der Waals surface area contributed by atoms with Gasteiger partial charge in [-0.2, -0.15) is 0 Å². The van der Waals surface area contributed by atoms with Gasteiger partial charge in [0.2, 0.25) is 5.91 Å². The molecule has 11 nitrogen and oxygen atoms in total. The Balaban J connectivity index is 1.98. The molecule has 1 heterocycles. The average molecular weight is 1140 g/mol. The summed E-state index contributed by atoms with van der Waals surface area (Å²) in [7, 11) is 0. The van der Waals surface area contributed by atoms with Crippen molar-refractivity contribution in [3.63, 3.8) is 0 Å². The number of carbonyl (C=O) groups excluding carboxylic acids is 2. The molecule has 472 valence electrons. The molecular formula is C70H127NO10. The number of allylic oxidation sites excluding steroid dienone is 9. The zero-order valence-electron chi connectivity index (χ0n) is 52.2. The summed E-state index contributed by atoms with van der Waals surface area (Å²) in [5, 5.41) is 54.3. The van der Waals surface area contributed by atoms with Gasteiger partial charge in [0.25, 0.3) is 0 Å². The smallest absolute Gasteiger partial charge is 0.305 e.